The average Bonchev–Trinajstić information content (AvgIpc) is 2.85. The van der Waals surface area contributed by atoms with E-state index in [0.717, 1.165) is 30.6 Å². The van der Waals surface area contributed by atoms with Gasteiger partial charge < -0.3 is 14.9 Å². The molecule has 0 saturated carbocycles. The van der Waals surface area contributed by atoms with E-state index in [-0.39, 0.29) is 6.61 Å². The molecule has 1 atom stereocenters. The molecule has 0 aliphatic heterocycles. The number of rotatable bonds is 7. The molecule has 0 spiro atoms. The van der Waals surface area contributed by atoms with Crippen LogP contribution in [-0.2, 0) is 6.42 Å². The molecule has 2 aromatic rings. The van der Waals surface area contributed by atoms with E-state index in [9.17, 15) is 4.39 Å². The van der Waals surface area contributed by atoms with Gasteiger partial charge in [0.2, 0.25) is 0 Å². The SMILES string of the molecule is CCCCc1cn2cc(OCC(N)C=CF)ccc2n1. The first-order chi connectivity index (χ1) is 9.72. The molecule has 1 unspecified atom stereocenters. The van der Waals surface area contributed by atoms with E-state index >= 15 is 0 Å². The van der Waals surface area contributed by atoms with Gasteiger partial charge in [0, 0.05) is 6.20 Å². The third-order valence-electron chi connectivity index (χ3n) is 3.02. The Morgan fingerprint density at radius 1 is 1.45 bits per heavy atom. The van der Waals surface area contributed by atoms with Crippen LogP contribution in [0.4, 0.5) is 4.39 Å². The highest BCUT2D eigenvalue weighted by Crippen LogP contribution is 2.15. The first-order valence-corrected chi connectivity index (χ1v) is 6.86. The van der Waals surface area contributed by atoms with Gasteiger partial charge in [-0.15, -0.1) is 0 Å². The van der Waals surface area contributed by atoms with Gasteiger partial charge in [-0.05, 0) is 31.1 Å². The molecule has 0 aromatic carbocycles. The second-order valence-corrected chi connectivity index (χ2v) is 4.76. The van der Waals surface area contributed by atoms with Crippen LogP contribution in [0.3, 0.4) is 0 Å². The second kappa shape index (κ2) is 7.05. The van der Waals surface area contributed by atoms with Gasteiger partial charge in [0.05, 0.1) is 24.3 Å². The molecule has 0 fully saturated rings. The van der Waals surface area contributed by atoms with Crippen LogP contribution in [0.5, 0.6) is 5.75 Å². The molecule has 0 aliphatic rings. The minimum atomic E-state index is -0.446. The minimum Gasteiger partial charge on any atom is -0.490 e. The summed E-state index contributed by atoms with van der Waals surface area (Å²) in [4.78, 5) is 4.54. The maximum atomic E-state index is 12.0. The van der Waals surface area contributed by atoms with E-state index in [4.69, 9.17) is 10.5 Å². The fourth-order valence-electron chi connectivity index (χ4n) is 1.93. The summed E-state index contributed by atoms with van der Waals surface area (Å²) in [7, 11) is 0. The lowest BCUT2D eigenvalue weighted by atomic mass is 10.2. The Bertz CT molecular complexity index is 580. The molecular weight excluding hydrogens is 257 g/mol. The highest BCUT2D eigenvalue weighted by Gasteiger charge is 2.04. The van der Waals surface area contributed by atoms with Gasteiger partial charge in [-0.1, -0.05) is 13.3 Å². The van der Waals surface area contributed by atoms with Gasteiger partial charge in [0.1, 0.15) is 18.0 Å². The van der Waals surface area contributed by atoms with Crippen LogP contribution in [0.25, 0.3) is 5.65 Å². The van der Waals surface area contributed by atoms with Crippen molar-refractivity contribution in [2.75, 3.05) is 6.61 Å². The minimum absolute atomic E-state index is 0.239. The number of ether oxygens (including phenoxy) is 1. The summed E-state index contributed by atoms with van der Waals surface area (Å²) in [5.74, 6) is 0.694. The number of unbranched alkanes of at least 4 members (excludes halogenated alkanes) is 1. The van der Waals surface area contributed by atoms with E-state index in [1.165, 1.54) is 6.08 Å². The zero-order chi connectivity index (χ0) is 14.4. The fourth-order valence-corrected chi connectivity index (χ4v) is 1.93. The van der Waals surface area contributed by atoms with Gasteiger partial charge in [0.15, 0.2) is 0 Å². The molecular formula is C15H20FN3O. The predicted octanol–water partition coefficient (Wildman–Crippen LogP) is 2.87. The van der Waals surface area contributed by atoms with E-state index in [0.29, 0.717) is 12.1 Å². The highest BCUT2D eigenvalue weighted by atomic mass is 19.1. The van der Waals surface area contributed by atoms with Crippen LogP contribution in [0.15, 0.2) is 36.9 Å². The number of nitrogens with zero attached hydrogens (tertiary/aromatic N) is 2. The lowest BCUT2D eigenvalue weighted by Gasteiger charge is -2.09. The van der Waals surface area contributed by atoms with E-state index in [2.05, 4.69) is 11.9 Å². The summed E-state index contributed by atoms with van der Waals surface area (Å²) in [5.41, 5.74) is 7.62. The standard InChI is InChI=1S/C15H20FN3O/c1-2-3-4-13-9-19-10-14(5-6-15(19)18-13)20-11-12(17)7-8-16/h5-10,12H,2-4,11,17H2,1H3. The van der Waals surface area contributed by atoms with Crippen molar-refractivity contribution in [3.8, 4) is 5.75 Å². The van der Waals surface area contributed by atoms with Crippen LogP contribution in [0.1, 0.15) is 25.5 Å². The monoisotopic (exact) mass is 277 g/mol. The molecule has 0 radical (unpaired) electrons. The van der Waals surface area contributed by atoms with Gasteiger partial charge in [-0.2, -0.15) is 0 Å². The number of imidazole rings is 1. The molecule has 108 valence electrons. The summed E-state index contributed by atoms with van der Waals surface area (Å²) in [6.45, 7) is 2.40. The maximum Gasteiger partial charge on any atom is 0.137 e. The molecule has 2 N–H and O–H groups in total. The lowest BCUT2D eigenvalue weighted by molar-refractivity contribution is 0.304. The Balaban J connectivity index is 2.04. The summed E-state index contributed by atoms with van der Waals surface area (Å²) in [6.07, 6.45) is 8.86. The summed E-state index contributed by atoms with van der Waals surface area (Å²) < 4.78 is 19.4. The van der Waals surface area contributed by atoms with Crippen LogP contribution in [0, 0.1) is 0 Å². The van der Waals surface area contributed by atoms with Gasteiger partial charge in [0.25, 0.3) is 0 Å². The Hall–Kier alpha value is -1.88. The number of aryl methyl sites for hydroxylation is 1. The number of halogens is 1. The number of pyridine rings is 1. The topological polar surface area (TPSA) is 52.5 Å². The van der Waals surface area contributed by atoms with Crippen molar-refractivity contribution >= 4 is 5.65 Å². The maximum absolute atomic E-state index is 12.0. The molecule has 2 heterocycles. The summed E-state index contributed by atoms with van der Waals surface area (Å²) >= 11 is 0. The van der Waals surface area contributed by atoms with Gasteiger partial charge in [-0.25, -0.2) is 9.37 Å². The van der Waals surface area contributed by atoms with Crippen molar-refractivity contribution in [1.82, 2.24) is 9.38 Å². The first kappa shape index (κ1) is 14.5. The Morgan fingerprint density at radius 3 is 3.05 bits per heavy atom. The van der Waals surface area contributed by atoms with Crippen molar-refractivity contribution < 1.29 is 9.13 Å². The molecule has 0 amide bonds. The predicted molar refractivity (Wildman–Crippen MR) is 77.5 cm³/mol. The number of hydrogen-bond acceptors (Lipinski definition) is 3. The van der Waals surface area contributed by atoms with Crippen molar-refractivity contribution in [1.29, 1.82) is 0 Å². The van der Waals surface area contributed by atoms with Crippen molar-refractivity contribution in [3.63, 3.8) is 0 Å². The summed E-state index contributed by atoms with van der Waals surface area (Å²) in [5, 5.41) is 0. The third kappa shape index (κ3) is 3.81. The molecule has 4 nitrogen and oxygen atoms in total. The van der Waals surface area contributed by atoms with Crippen LogP contribution in [0.2, 0.25) is 0 Å². The number of nitrogens with two attached hydrogens (primary N) is 1. The smallest absolute Gasteiger partial charge is 0.137 e. The number of aromatic nitrogens is 2. The molecule has 5 heteroatoms. The van der Waals surface area contributed by atoms with Crippen molar-refractivity contribution in [3.05, 3.63) is 42.6 Å². The van der Waals surface area contributed by atoms with Crippen LogP contribution in [-0.4, -0.2) is 22.0 Å². The van der Waals surface area contributed by atoms with Crippen LogP contribution < -0.4 is 10.5 Å². The molecule has 20 heavy (non-hydrogen) atoms. The second-order valence-electron chi connectivity index (χ2n) is 4.76. The van der Waals surface area contributed by atoms with Gasteiger partial charge >= 0.3 is 0 Å². The Labute approximate surface area is 118 Å². The first-order valence-electron chi connectivity index (χ1n) is 6.86. The van der Waals surface area contributed by atoms with Gasteiger partial charge in [-0.3, -0.25) is 0 Å². The van der Waals surface area contributed by atoms with Crippen molar-refractivity contribution in [2.45, 2.75) is 32.2 Å². The zero-order valence-electron chi connectivity index (χ0n) is 11.6. The highest BCUT2D eigenvalue weighted by molar-refractivity contribution is 5.43. The Kier molecular flexibility index (Phi) is 5.12. The normalized spacial score (nSPS) is 13.2. The number of hydrogen-bond donors (Lipinski definition) is 1. The quantitative estimate of drug-likeness (QED) is 0.846. The zero-order valence-corrected chi connectivity index (χ0v) is 11.6. The Morgan fingerprint density at radius 2 is 2.30 bits per heavy atom. The average molecular weight is 277 g/mol. The summed E-state index contributed by atoms with van der Waals surface area (Å²) in [6, 6.07) is 3.30. The molecule has 0 aliphatic carbocycles. The largest absolute Gasteiger partial charge is 0.490 e. The number of fused-ring (bicyclic) bond motifs is 1. The molecule has 2 rings (SSSR count). The molecule has 2 aromatic heterocycles. The molecule has 0 bridgehead atoms. The van der Waals surface area contributed by atoms with E-state index in [1.54, 1.807) is 0 Å². The lowest BCUT2D eigenvalue weighted by Crippen LogP contribution is -2.25. The van der Waals surface area contributed by atoms with Crippen LogP contribution >= 0.6 is 0 Å². The van der Waals surface area contributed by atoms with E-state index in [1.807, 2.05) is 28.9 Å². The molecule has 0 saturated heterocycles. The van der Waals surface area contributed by atoms with Crippen molar-refractivity contribution in [2.24, 2.45) is 5.73 Å². The third-order valence-corrected chi connectivity index (χ3v) is 3.02. The van der Waals surface area contributed by atoms with E-state index < -0.39 is 6.04 Å². The fraction of sp³-hybridized carbons (Fsp3) is 0.400.